The predicted octanol–water partition coefficient (Wildman–Crippen LogP) is 4.43. The molecular formula is C31H31F2N7O3. The fraction of sp³-hybridized carbons (Fsp3) is 0.355. The lowest BCUT2D eigenvalue weighted by atomic mass is 10.0. The maximum Gasteiger partial charge on any atom is 0.254 e. The van der Waals surface area contributed by atoms with Gasteiger partial charge in [-0.1, -0.05) is 0 Å². The first-order valence-electron chi connectivity index (χ1n) is 14.3. The molecule has 1 aliphatic heterocycles. The van der Waals surface area contributed by atoms with E-state index in [0.29, 0.717) is 52.0 Å². The molecule has 222 valence electrons. The van der Waals surface area contributed by atoms with Gasteiger partial charge in [-0.15, -0.1) is 0 Å². The minimum atomic E-state index is -1.16. The molecule has 5 aromatic rings. The molecule has 2 atom stereocenters. The van der Waals surface area contributed by atoms with E-state index in [2.05, 4.69) is 9.55 Å². The van der Waals surface area contributed by atoms with Crippen molar-refractivity contribution in [2.45, 2.75) is 38.0 Å². The fourth-order valence-electron chi connectivity index (χ4n) is 6.06. The number of nitrogens with two attached hydrogens (primary N) is 1. The van der Waals surface area contributed by atoms with E-state index in [4.69, 9.17) is 20.4 Å². The molecule has 1 aliphatic carbocycles. The number of nitrogens with zero attached hydrogens (tertiary/aromatic N) is 6. The van der Waals surface area contributed by atoms with Gasteiger partial charge in [0.15, 0.2) is 5.82 Å². The van der Waals surface area contributed by atoms with E-state index in [0.717, 1.165) is 30.1 Å². The summed E-state index contributed by atoms with van der Waals surface area (Å²) in [4.78, 5) is 28.3. The first kappa shape index (κ1) is 27.3. The van der Waals surface area contributed by atoms with Gasteiger partial charge in [-0.3, -0.25) is 4.79 Å². The molecule has 4 aromatic heterocycles. The number of hydrogen-bond acceptors (Lipinski definition) is 7. The molecule has 2 fully saturated rings. The summed E-state index contributed by atoms with van der Waals surface area (Å²) in [5, 5.41) is 10.8. The van der Waals surface area contributed by atoms with Crippen molar-refractivity contribution in [1.29, 1.82) is 0 Å². The number of carbonyl (C=O) groups excluding carboxylic acids is 1. The number of carbonyl (C=O) groups is 1. The van der Waals surface area contributed by atoms with E-state index < -0.39 is 18.2 Å². The SMILES string of the molecule is COc1cc(C(=O)N2C[C@H](N)C[C@@H](F)C2)cc2nc(-c3cc4ccc(-c5cc(O)cnc5F)nc4n3CC3CC3)n(C)c12. The molecule has 1 amide bonds. The van der Waals surface area contributed by atoms with Gasteiger partial charge < -0.3 is 29.6 Å². The second-order valence-corrected chi connectivity index (χ2v) is 11.6. The second-order valence-electron chi connectivity index (χ2n) is 11.6. The molecular weight excluding hydrogens is 556 g/mol. The lowest BCUT2D eigenvalue weighted by molar-refractivity contribution is 0.0606. The molecule has 10 nitrogen and oxygen atoms in total. The number of likely N-dealkylation sites (tertiary alicyclic amines) is 1. The number of hydrogen-bond donors (Lipinski definition) is 2. The predicted molar refractivity (Wildman–Crippen MR) is 157 cm³/mol. The van der Waals surface area contributed by atoms with Gasteiger partial charge in [0.05, 0.1) is 42.3 Å². The Balaban J connectivity index is 1.35. The van der Waals surface area contributed by atoms with E-state index in [1.165, 1.54) is 18.1 Å². The van der Waals surface area contributed by atoms with Crippen LogP contribution in [0.1, 0.15) is 29.6 Å². The molecule has 1 saturated heterocycles. The molecule has 3 N–H and O–H groups in total. The van der Waals surface area contributed by atoms with Gasteiger partial charge in [-0.05, 0) is 61.6 Å². The molecule has 7 rings (SSSR count). The lowest BCUT2D eigenvalue weighted by Crippen LogP contribution is -2.50. The Morgan fingerprint density at radius 1 is 1.16 bits per heavy atom. The minimum Gasteiger partial charge on any atom is -0.506 e. The number of amides is 1. The van der Waals surface area contributed by atoms with Crippen LogP contribution < -0.4 is 10.5 Å². The number of ether oxygens (including phenoxy) is 1. The van der Waals surface area contributed by atoms with Crippen LogP contribution in [0.15, 0.2) is 42.6 Å². The summed E-state index contributed by atoms with van der Waals surface area (Å²) in [7, 11) is 3.42. The van der Waals surface area contributed by atoms with Crippen LogP contribution in [-0.2, 0) is 13.6 Å². The topological polar surface area (TPSA) is 124 Å². The minimum absolute atomic E-state index is 0.000819. The van der Waals surface area contributed by atoms with Crippen molar-refractivity contribution >= 4 is 28.0 Å². The smallest absolute Gasteiger partial charge is 0.254 e. The third-order valence-electron chi connectivity index (χ3n) is 8.33. The molecule has 2 aliphatic rings. The van der Waals surface area contributed by atoms with Crippen LogP contribution >= 0.6 is 0 Å². The van der Waals surface area contributed by atoms with E-state index >= 15 is 0 Å². The highest BCUT2D eigenvalue weighted by Crippen LogP contribution is 2.38. The summed E-state index contributed by atoms with van der Waals surface area (Å²) in [5.41, 5.74) is 9.56. The Bertz CT molecular complexity index is 1890. The molecule has 0 radical (unpaired) electrons. The number of fused-ring (bicyclic) bond motifs is 2. The monoisotopic (exact) mass is 587 g/mol. The van der Waals surface area contributed by atoms with Crippen molar-refractivity contribution in [2.24, 2.45) is 18.7 Å². The third-order valence-corrected chi connectivity index (χ3v) is 8.33. The molecule has 0 unspecified atom stereocenters. The highest BCUT2D eigenvalue weighted by molar-refractivity contribution is 6.00. The first-order chi connectivity index (χ1) is 20.7. The van der Waals surface area contributed by atoms with Crippen LogP contribution in [-0.4, -0.2) is 72.4 Å². The summed E-state index contributed by atoms with van der Waals surface area (Å²) in [6, 6.07) is 9.85. The summed E-state index contributed by atoms with van der Waals surface area (Å²) in [5.74, 6) is 0.420. The van der Waals surface area contributed by atoms with Crippen molar-refractivity contribution in [1.82, 2.24) is 29.0 Å². The molecule has 1 saturated carbocycles. The Hall–Kier alpha value is -4.58. The van der Waals surface area contributed by atoms with Gasteiger partial charge >= 0.3 is 0 Å². The van der Waals surface area contributed by atoms with Crippen LogP contribution in [0, 0.1) is 11.9 Å². The lowest BCUT2D eigenvalue weighted by Gasteiger charge is -2.33. The number of aromatic hydroxyl groups is 1. The Morgan fingerprint density at radius 2 is 1.98 bits per heavy atom. The number of rotatable bonds is 6. The van der Waals surface area contributed by atoms with Gasteiger partial charge in [0.2, 0.25) is 5.95 Å². The maximum atomic E-state index is 14.6. The van der Waals surface area contributed by atoms with Crippen molar-refractivity contribution in [3.05, 3.63) is 54.1 Å². The van der Waals surface area contributed by atoms with Crippen molar-refractivity contribution in [3.8, 4) is 34.3 Å². The van der Waals surface area contributed by atoms with Crippen molar-refractivity contribution < 1.29 is 23.4 Å². The van der Waals surface area contributed by atoms with Gasteiger partial charge in [0, 0.05) is 37.1 Å². The molecule has 0 spiro atoms. The van der Waals surface area contributed by atoms with Crippen molar-refractivity contribution in [3.63, 3.8) is 0 Å². The number of pyridine rings is 2. The highest BCUT2D eigenvalue weighted by Gasteiger charge is 2.30. The Kier molecular flexibility index (Phi) is 6.53. The van der Waals surface area contributed by atoms with Gasteiger partial charge in [0.25, 0.3) is 5.91 Å². The zero-order valence-electron chi connectivity index (χ0n) is 23.8. The third kappa shape index (κ3) is 4.85. The number of imidazole rings is 1. The number of aryl methyl sites for hydroxylation is 1. The largest absolute Gasteiger partial charge is 0.506 e. The summed E-state index contributed by atoms with van der Waals surface area (Å²) in [6.45, 7) is 0.991. The molecule has 1 aromatic carbocycles. The molecule has 12 heteroatoms. The molecule has 5 heterocycles. The van der Waals surface area contributed by atoms with Crippen LogP contribution in [0.25, 0.3) is 44.8 Å². The quantitative estimate of drug-likeness (QED) is 0.282. The number of halogens is 2. The summed E-state index contributed by atoms with van der Waals surface area (Å²) < 4.78 is 38.6. The summed E-state index contributed by atoms with van der Waals surface area (Å²) >= 11 is 0. The average Bonchev–Trinajstić information content (AvgIpc) is 3.66. The number of piperidine rings is 1. The Labute approximate surface area is 245 Å². The fourth-order valence-corrected chi connectivity index (χ4v) is 6.06. The maximum absolute atomic E-state index is 14.6. The zero-order chi connectivity index (χ0) is 30.0. The first-order valence-corrected chi connectivity index (χ1v) is 14.3. The highest BCUT2D eigenvalue weighted by atomic mass is 19.1. The van der Waals surface area contributed by atoms with E-state index in [1.54, 1.807) is 18.2 Å². The van der Waals surface area contributed by atoms with Gasteiger partial charge in [0.1, 0.15) is 28.8 Å². The normalized spacial score (nSPS) is 19.0. The number of benzene rings is 1. The molecule has 0 bridgehead atoms. The molecule has 43 heavy (non-hydrogen) atoms. The van der Waals surface area contributed by atoms with Crippen LogP contribution in [0.5, 0.6) is 11.5 Å². The van der Waals surface area contributed by atoms with E-state index in [-0.39, 0.29) is 36.7 Å². The van der Waals surface area contributed by atoms with Crippen LogP contribution in [0.3, 0.4) is 0 Å². The standard InChI is InChI=1S/C31H31F2N7O3/c1-38-27-24(7-18(9-26(27)43-2)31(42)39-14-19(32)10-20(34)15-39)37-30(38)25-8-17-5-6-23(22-11-21(41)12-35-28(22)33)36-29(17)40(25)13-16-3-4-16/h5-9,11-12,16,19-20,41H,3-4,10,13-15,34H2,1-2H3/t19-,20-/m1/s1. The van der Waals surface area contributed by atoms with Crippen LogP contribution in [0.2, 0.25) is 0 Å². The number of alkyl halides is 1. The van der Waals surface area contributed by atoms with E-state index in [1.807, 2.05) is 23.7 Å². The average molecular weight is 588 g/mol. The number of aromatic nitrogens is 5. The van der Waals surface area contributed by atoms with Crippen molar-refractivity contribution in [2.75, 3.05) is 20.2 Å². The van der Waals surface area contributed by atoms with Crippen LogP contribution in [0.4, 0.5) is 8.78 Å². The van der Waals surface area contributed by atoms with Gasteiger partial charge in [-0.25, -0.2) is 19.3 Å². The zero-order valence-corrected chi connectivity index (χ0v) is 23.8. The summed E-state index contributed by atoms with van der Waals surface area (Å²) in [6.07, 6.45) is 2.34. The Morgan fingerprint density at radius 3 is 2.72 bits per heavy atom. The van der Waals surface area contributed by atoms with Gasteiger partial charge in [-0.2, -0.15) is 4.39 Å². The number of methoxy groups -OCH3 is 1. The van der Waals surface area contributed by atoms with E-state index in [9.17, 15) is 18.7 Å². The second kappa shape index (κ2) is 10.3.